The third-order valence-corrected chi connectivity index (χ3v) is 3.27. The van der Waals surface area contributed by atoms with Gasteiger partial charge < -0.3 is 0 Å². The van der Waals surface area contributed by atoms with Gasteiger partial charge in [0.05, 0.1) is 6.54 Å². The minimum Gasteiger partial charge on any atom is -0.295 e. The van der Waals surface area contributed by atoms with E-state index in [0.29, 0.717) is 17.5 Å². The van der Waals surface area contributed by atoms with Crippen molar-refractivity contribution >= 4 is 5.78 Å². The first-order valence-electron chi connectivity index (χ1n) is 5.97. The Morgan fingerprint density at radius 1 is 1.47 bits per heavy atom. The van der Waals surface area contributed by atoms with Gasteiger partial charge in [-0.3, -0.25) is 9.69 Å². The first-order valence-corrected chi connectivity index (χ1v) is 5.97. The van der Waals surface area contributed by atoms with Crippen molar-refractivity contribution in [1.82, 2.24) is 4.90 Å². The maximum atomic E-state index is 13.0. The lowest BCUT2D eigenvalue weighted by Crippen LogP contribution is -2.29. The van der Waals surface area contributed by atoms with Crippen LogP contribution in [0.4, 0.5) is 4.39 Å². The zero-order chi connectivity index (χ0) is 12.5. The van der Waals surface area contributed by atoms with Gasteiger partial charge in [0.15, 0.2) is 5.78 Å². The van der Waals surface area contributed by atoms with Crippen molar-refractivity contribution in [3.05, 3.63) is 35.6 Å². The summed E-state index contributed by atoms with van der Waals surface area (Å²) in [6, 6.07) is 5.92. The number of Topliss-reactive ketones (excluding diaryl/α,β-unsaturated/α-hetero) is 1. The van der Waals surface area contributed by atoms with Crippen LogP contribution in [0.2, 0.25) is 0 Å². The van der Waals surface area contributed by atoms with Gasteiger partial charge in [-0.25, -0.2) is 4.39 Å². The average Bonchev–Trinajstić information content (AvgIpc) is 2.58. The van der Waals surface area contributed by atoms with Gasteiger partial charge in [0.2, 0.25) is 0 Å². The van der Waals surface area contributed by atoms with Crippen molar-refractivity contribution in [1.29, 1.82) is 0 Å². The van der Waals surface area contributed by atoms with Crippen molar-refractivity contribution in [2.75, 3.05) is 19.6 Å². The third kappa shape index (κ3) is 3.13. The number of rotatable bonds is 3. The fourth-order valence-electron chi connectivity index (χ4n) is 2.32. The van der Waals surface area contributed by atoms with E-state index in [1.807, 2.05) is 0 Å². The highest BCUT2D eigenvalue weighted by Crippen LogP contribution is 2.28. The SMILES string of the molecule is CC1(C)CCN(CC(=O)c2cccc(F)c2)C1. The van der Waals surface area contributed by atoms with Gasteiger partial charge in [0.25, 0.3) is 0 Å². The summed E-state index contributed by atoms with van der Waals surface area (Å²) in [5, 5.41) is 0. The van der Waals surface area contributed by atoms with Crippen LogP contribution in [-0.4, -0.2) is 30.3 Å². The van der Waals surface area contributed by atoms with Gasteiger partial charge in [0.1, 0.15) is 5.82 Å². The molecule has 1 saturated heterocycles. The highest BCUT2D eigenvalue weighted by molar-refractivity contribution is 5.97. The number of hydrogen-bond donors (Lipinski definition) is 0. The number of benzene rings is 1. The highest BCUT2D eigenvalue weighted by atomic mass is 19.1. The maximum absolute atomic E-state index is 13.0. The lowest BCUT2D eigenvalue weighted by atomic mass is 9.93. The highest BCUT2D eigenvalue weighted by Gasteiger charge is 2.30. The number of ketones is 1. The standard InChI is InChI=1S/C14H18FNO/c1-14(2)6-7-16(10-14)9-13(17)11-4-3-5-12(15)8-11/h3-5,8H,6-7,9-10H2,1-2H3. The molecule has 0 aromatic heterocycles. The molecule has 0 atom stereocenters. The Labute approximate surface area is 101 Å². The molecule has 92 valence electrons. The van der Waals surface area contributed by atoms with Gasteiger partial charge >= 0.3 is 0 Å². The molecule has 0 saturated carbocycles. The summed E-state index contributed by atoms with van der Waals surface area (Å²) in [5.74, 6) is -0.347. The Kier molecular flexibility index (Phi) is 3.29. The molecule has 0 unspecified atom stereocenters. The Balaban J connectivity index is 1.98. The average molecular weight is 235 g/mol. The first kappa shape index (κ1) is 12.2. The number of halogens is 1. The smallest absolute Gasteiger partial charge is 0.176 e. The zero-order valence-corrected chi connectivity index (χ0v) is 10.4. The summed E-state index contributed by atoms with van der Waals surface area (Å²) in [6.07, 6.45) is 1.11. The van der Waals surface area contributed by atoms with E-state index in [2.05, 4.69) is 18.7 Å². The number of carbonyl (C=O) groups excluding carboxylic acids is 1. The zero-order valence-electron chi connectivity index (χ0n) is 10.4. The number of carbonyl (C=O) groups is 1. The molecule has 0 amide bonds. The number of likely N-dealkylation sites (tertiary alicyclic amines) is 1. The van der Waals surface area contributed by atoms with E-state index in [1.165, 1.54) is 12.1 Å². The normalized spacial score (nSPS) is 19.5. The molecule has 1 fully saturated rings. The molecule has 1 aromatic carbocycles. The molecule has 17 heavy (non-hydrogen) atoms. The fraction of sp³-hybridized carbons (Fsp3) is 0.500. The molecule has 0 spiro atoms. The van der Waals surface area contributed by atoms with E-state index in [0.717, 1.165) is 19.5 Å². The molecule has 0 radical (unpaired) electrons. The Morgan fingerprint density at radius 2 is 2.24 bits per heavy atom. The van der Waals surface area contributed by atoms with Gasteiger partial charge in [0, 0.05) is 12.1 Å². The summed E-state index contributed by atoms with van der Waals surface area (Å²) in [5.41, 5.74) is 0.761. The van der Waals surface area contributed by atoms with Crippen molar-refractivity contribution in [2.24, 2.45) is 5.41 Å². The maximum Gasteiger partial charge on any atom is 0.176 e. The Morgan fingerprint density at radius 3 is 2.82 bits per heavy atom. The monoisotopic (exact) mass is 235 g/mol. The molecule has 0 aliphatic carbocycles. The van der Waals surface area contributed by atoms with E-state index in [1.54, 1.807) is 12.1 Å². The van der Waals surface area contributed by atoms with Crippen molar-refractivity contribution in [3.63, 3.8) is 0 Å². The second-order valence-electron chi connectivity index (χ2n) is 5.56. The molecule has 2 rings (SSSR count). The Bertz CT molecular complexity index is 428. The summed E-state index contributed by atoms with van der Waals surface area (Å²) >= 11 is 0. The summed E-state index contributed by atoms with van der Waals surface area (Å²) < 4.78 is 13.0. The van der Waals surface area contributed by atoms with Crippen LogP contribution in [0, 0.1) is 11.2 Å². The van der Waals surface area contributed by atoms with Crippen LogP contribution in [0.3, 0.4) is 0 Å². The second kappa shape index (κ2) is 4.57. The van der Waals surface area contributed by atoms with E-state index >= 15 is 0 Å². The van der Waals surface area contributed by atoms with E-state index in [4.69, 9.17) is 0 Å². The van der Waals surface area contributed by atoms with Crippen molar-refractivity contribution in [2.45, 2.75) is 20.3 Å². The van der Waals surface area contributed by atoms with E-state index in [9.17, 15) is 9.18 Å². The third-order valence-electron chi connectivity index (χ3n) is 3.27. The van der Waals surface area contributed by atoms with Crippen molar-refractivity contribution in [3.8, 4) is 0 Å². The molecule has 1 heterocycles. The van der Waals surface area contributed by atoms with Gasteiger partial charge in [-0.1, -0.05) is 26.0 Å². The van der Waals surface area contributed by atoms with Crippen LogP contribution in [0.5, 0.6) is 0 Å². The summed E-state index contributed by atoms with van der Waals surface area (Å²) in [6.45, 7) is 6.70. The summed E-state index contributed by atoms with van der Waals surface area (Å²) in [7, 11) is 0. The lowest BCUT2D eigenvalue weighted by molar-refractivity contribution is 0.0940. The molecular formula is C14H18FNO. The van der Waals surface area contributed by atoms with Gasteiger partial charge in [-0.15, -0.1) is 0 Å². The van der Waals surface area contributed by atoms with Gasteiger partial charge in [-0.05, 0) is 30.5 Å². The predicted molar refractivity (Wildman–Crippen MR) is 65.6 cm³/mol. The van der Waals surface area contributed by atoms with Crippen LogP contribution in [-0.2, 0) is 0 Å². The largest absolute Gasteiger partial charge is 0.295 e. The molecular weight excluding hydrogens is 217 g/mol. The summed E-state index contributed by atoms with van der Waals surface area (Å²) in [4.78, 5) is 14.1. The fourth-order valence-corrected chi connectivity index (χ4v) is 2.32. The van der Waals surface area contributed by atoms with Crippen LogP contribution < -0.4 is 0 Å². The molecule has 0 N–H and O–H groups in total. The van der Waals surface area contributed by atoms with Crippen molar-refractivity contribution < 1.29 is 9.18 Å². The number of nitrogens with zero attached hydrogens (tertiary/aromatic N) is 1. The van der Waals surface area contributed by atoms with E-state index in [-0.39, 0.29) is 11.6 Å². The number of hydrogen-bond acceptors (Lipinski definition) is 2. The predicted octanol–water partition coefficient (Wildman–Crippen LogP) is 2.74. The van der Waals surface area contributed by atoms with Crippen LogP contribution in [0.25, 0.3) is 0 Å². The molecule has 1 aromatic rings. The van der Waals surface area contributed by atoms with Crippen LogP contribution >= 0.6 is 0 Å². The lowest BCUT2D eigenvalue weighted by Gasteiger charge is -2.18. The molecule has 1 aliphatic rings. The second-order valence-corrected chi connectivity index (χ2v) is 5.56. The minimum atomic E-state index is -0.349. The Hall–Kier alpha value is -1.22. The van der Waals surface area contributed by atoms with Gasteiger partial charge in [-0.2, -0.15) is 0 Å². The topological polar surface area (TPSA) is 20.3 Å². The van der Waals surface area contributed by atoms with Crippen LogP contribution in [0.15, 0.2) is 24.3 Å². The van der Waals surface area contributed by atoms with Crippen LogP contribution in [0.1, 0.15) is 30.6 Å². The molecule has 3 heteroatoms. The quantitative estimate of drug-likeness (QED) is 0.751. The minimum absolute atomic E-state index is 0.00204. The molecule has 1 aliphatic heterocycles. The first-order chi connectivity index (χ1) is 7.96. The molecule has 0 bridgehead atoms. The van der Waals surface area contributed by atoms with E-state index < -0.39 is 0 Å². The molecule has 2 nitrogen and oxygen atoms in total.